The van der Waals surface area contributed by atoms with Crippen LogP contribution in [0.15, 0.2) is 18.2 Å². The third-order valence-corrected chi connectivity index (χ3v) is 3.95. The Balaban J connectivity index is 2.00. The number of hydrogen-bond donors (Lipinski definition) is 1. The first-order chi connectivity index (χ1) is 9.70. The monoisotopic (exact) mass is 272 g/mol. The molecule has 4 heteroatoms. The fourth-order valence-electron chi connectivity index (χ4n) is 2.69. The number of fused-ring (bicyclic) bond motifs is 1. The summed E-state index contributed by atoms with van der Waals surface area (Å²) < 4.78 is 2.30. The Labute approximate surface area is 118 Å². The number of aromatic carboxylic acids is 1. The van der Waals surface area contributed by atoms with Gasteiger partial charge < -0.3 is 9.67 Å². The van der Waals surface area contributed by atoms with Crippen LogP contribution in [0.1, 0.15) is 61.1 Å². The molecule has 1 heterocycles. The van der Waals surface area contributed by atoms with E-state index < -0.39 is 5.97 Å². The lowest BCUT2D eigenvalue weighted by Gasteiger charge is -2.08. The average Bonchev–Trinajstić information content (AvgIpc) is 3.21. The smallest absolute Gasteiger partial charge is 0.335 e. The van der Waals surface area contributed by atoms with Crippen LogP contribution in [-0.2, 0) is 6.54 Å². The summed E-state index contributed by atoms with van der Waals surface area (Å²) >= 11 is 0. The van der Waals surface area contributed by atoms with Crippen LogP contribution in [0.25, 0.3) is 11.0 Å². The number of benzene rings is 1. The molecule has 0 spiro atoms. The van der Waals surface area contributed by atoms with Crippen LogP contribution in [0.5, 0.6) is 0 Å². The minimum atomic E-state index is -0.889. The molecule has 0 bridgehead atoms. The predicted molar refractivity (Wildman–Crippen MR) is 78.2 cm³/mol. The van der Waals surface area contributed by atoms with Crippen LogP contribution in [0.3, 0.4) is 0 Å². The first-order valence-electron chi connectivity index (χ1n) is 7.44. The summed E-state index contributed by atoms with van der Waals surface area (Å²) in [6.45, 7) is 3.19. The van der Waals surface area contributed by atoms with E-state index in [1.54, 1.807) is 12.1 Å². The second kappa shape index (κ2) is 5.27. The van der Waals surface area contributed by atoms with Crippen LogP contribution < -0.4 is 0 Å². The number of nitrogens with zero attached hydrogens (tertiary/aromatic N) is 2. The van der Waals surface area contributed by atoms with Crippen LogP contribution in [0, 0.1) is 0 Å². The van der Waals surface area contributed by atoms with Crippen molar-refractivity contribution in [2.45, 2.75) is 51.5 Å². The third kappa shape index (κ3) is 2.42. The molecule has 0 saturated heterocycles. The van der Waals surface area contributed by atoms with Gasteiger partial charge in [-0.1, -0.05) is 19.8 Å². The first-order valence-corrected chi connectivity index (χ1v) is 7.44. The SMILES string of the molecule is CCCCCn1c(C2CC2)nc2cc(C(=O)O)ccc21. The molecule has 1 aliphatic rings. The summed E-state index contributed by atoms with van der Waals surface area (Å²) in [5.41, 5.74) is 2.22. The Morgan fingerprint density at radius 2 is 2.20 bits per heavy atom. The standard InChI is InChI=1S/C16H20N2O2/c1-2-3-4-9-18-14-8-7-12(16(19)20)10-13(14)17-15(18)11-5-6-11/h7-8,10-11H,2-6,9H2,1H3,(H,19,20). The lowest BCUT2D eigenvalue weighted by molar-refractivity contribution is 0.0697. The van der Waals surface area contributed by atoms with Crippen LogP contribution in [0.4, 0.5) is 0 Å². The lowest BCUT2D eigenvalue weighted by Crippen LogP contribution is -2.03. The number of aromatic nitrogens is 2. The number of unbranched alkanes of at least 4 members (excludes halogenated alkanes) is 2. The summed E-state index contributed by atoms with van der Waals surface area (Å²) in [7, 11) is 0. The molecule has 0 unspecified atom stereocenters. The van der Waals surface area contributed by atoms with Gasteiger partial charge in [0.2, 0.25) is 0 Å². The van der Waals surface area contributed by atoms with Gasteiger partial charge in [-0.15, -0.1) is 0 Å². The van der Waals surface area contributed by atoms with Crippen molar-refractivity contribution in [3.8, 4) is 0 Å². The number of carboxylic acids is 1. The van der Waals surface area contributed by atoms with Gasteiger partial charge >= 0.3 is 5.97 Å². The molecule has 1 saturated carbocycles. The lowest BCUT2D eigenvalue weighted by atomic mass is 10.2. The quantitative estimate of drug-likeness (QED) is 0.814. The number of rotatable bonds is 6. The molecule has 0 amide bonds. The number of carboxylic acid groups (broad SMARTS) is 1. The van der Waals surface area contributed by atoms with E-state index in [0.29, 0.717) is 11.5 Å². The topological polar surface area (TPSA) is 55.1 Å². The fraction of sp³-hybridized carbons (Fsp3) is 0.500. The summed E-state index contributed by atoms with van der Waals surface area (Å²) in [6, 6.07) is 5.28. The summed E-state index contributed by atoms with van der Waals surface area (Å²) in [5, 5.41) is 9.08. The zero-order valence-electron chi connectivity index (χ0n) is 11.8. The van der Waals surface area contributed by atoms with Crippen molar-refractivity contribution < 1.29 is 9.90 Å². The van der Waals surface area contributed by atoms with Gasteiger partial charge in [0.1, 0.15) is 5.82 Å². The van der Waals surface area contributed by atoms with Gasteiger partial charge in [0.15, 0.2) is 0 Å². The molecule has 0 atom stereocenters. The molecule has 20 heavy (non-hydrogen) atoms. The minimum Gasteiger partial charge on any atom is -0.478 e. The first kappa shape index (κ1) is 13.2. The maximum atomic E-state index is 11.1. The Hall–Kier alpha value is -1.84. The minimum absolute atomic E-state index is 0.318. The zero-order valence-corrected chi connectivity index (χ0v) is 11.8. The van der Waals surface area contributed by atoms with Crippen LogP contribution >= 0.6 is 0 Å². The molecule has 106 valence electrons. The molecule has 0 aliphatic heterocycles. The van der Waals surface area contributed by atoms with Crippen molar-refractivity contribution in [3.05, 3.63) is 29.6 Å². The van der Waals surface area contributed by atoms with Crippen LogP contribution in [0.2, 0.25) is 0 Å². The summed E-state index contributed by atoms with van der Waals surface area (Å²) in [6.07, 6.45) is 6.00. The number of imidazole rings is 1. The molecule has 4 nitrogen and oxygen atoms in total. The Kier molecular flexibility index (Phi) is 3.47. The Bertz CT molecular complexity index is 641. The van der Waals surface area contributed by atoms with E-state index in [1.807, 2.05) is 6.07 Å². The molecule has 1 aromatic heterocycles. The van der Waals surface area contributed by atoms with E-state index in [0.717, 1.165) is 29.8 Å². The van der Waals surface area contributed by atoms with E-state index >= 15 is 0 Å². The molecule has 1 aliphatic carbocycles. The van der Waals surface area contributed by atoms with E-state index in [4.69, 9.17) is 10.1 Å². The number of aryl methyl sites for hydroxylation is 1. The molecular formula is C16H20N2O2. The highest BCUT2D eigenvalue weighted by molar-refractivity contribution is 5.92. The zero-order chi connectivity index (χ0) is 14.1. The van der Waals surface area contributed by atoms with Gasteiger partial charge in [-0.05, 0) is 37.5 Å². The normalized spacial score (nSPS) is 14.8. The molecule has 2 aromatic rings. The molecule has 1 aromatic carbocycles. The number of carbonyl (C=O) groups is 1. The van der Waals surface area contributed by atoms with Gasteiger partial charge in [0.05, 0.1) is 16.6 Å². The number of hydrogen-bond acceptors (Lipinski definition) is 2. The molecular weight excluding hydrogens is 252 g/mol. The highest BCUT2D eigenvalue weighted by Crippen LogP contribution is 2.40. The predicted octanol–water partition coefficient (Wildman–Crippen LogP) is 3.80. The summed E-state index contributed by atoms with van der Waals surface area (Å²) in [4.78, 5) is 15.8. The van der Waals surface area contributed by atoms with Gasteiger partial charge in [0, 0.05) is 12.5 Å². The molecule has 1 fully saturated rings. The maximum absolute atomic E-state index is 11.1. The largest absolute Gasteiger partial charge is 0.478 e. The van der Waals surface area contributed by atoms with Crippen LogP contribution in [-0.4, -0.2) is 20.6 Å². The van der Waals surface area contributed by atoms with Gasteiger partial charge in [-0.3, -0.25) is 0 Å². The summed E-state index contributed by atoms with van der Waals surface area (Å²) in [5.74, 6) is 0.844. The second-order valence-electron chi connectivity index (χ2n) is 5.61. The molecule has 1 N–H and O–H groups in total. The Morgan fingerprint density at radius 1 is 1.40 bits per heavy atom. The molecule has 0 radical (unpaired) electrons. The van der Waals surface area contributed by atoms with Gasteiger partial charge in [-0.25, -0.2) is 9.78 Å². The fourth-order valence-corrected chi connectivity index (χ4v) is 2.69. The van der Waals surface area contributed by atoms with Crippen molar-refractivity contribution in [3.63, 3.8) is 0 Å². The van der Waals surface area contributed by atoms with Crippen molar-refractivity contribution in [1.29, 1.82) is 0 Å². The van der Waals surface area contributed by atoms with E-state index in [1.165, 1.54) is 25.7 Å². The van der Waals surface area contributed by atoms with E-state index in [2.05, 4.69) is 11.5 Å². The van der Waals surface area contributed by atoms with E-state index in [-0.39, 0.29) is 0 Å². The van der Waals surface area contributed by atoms with Crippen molar-refractivity contribution in [1.82, 2.24) is 9.55 Å². The average molecular weight is 272 g/mol. The Morgan fingerprint density at radius 3 is 2.85 bits per heavy atom. The van der Waals surface area contributed by atoms with E-state index in [9.17, 15) is 4.79 Å². The van der Waals surface area contributed by atoms with Crippen molar-refractivity contribution >= 4 is 17.0 Å². The molecule has 3 rings (SSSR count). The van der Waals surface area contributed by atoms with Crippen molar-refractivity contribution in [2.24, 2.45) is 0 Å². The van der Waals surface area contributed by atoms with Crippen molar-refractivity contribution in [2.75, 3.05) is 0 Å². The second-order valence-corrected chi connectivity index (χ2v) is 5.61. The third-order valence-electron chi connectivity index (χ3n) is 3.95. The van der Waals surface area contributed by atoms with Gasteiger partial charge in [0.25, 0.3) is 0 Å². The highest BCUT2D eigenvalue weighted by Gasteiger charge is 2.29. The highest BCUT2D eigenvalue weighted by atomic mass is 16.4. The van der Waals surface area contributed by atoms with Gasteiger partial charge in [-0.2, -0.15) is 0 Å². The maximum Gasteiger partial charge on any atom is 0.335 e.